The molecule has 0 saturated carbocycles. The number of carboxylic acids is 1. The summed E-state index contributed by atoms with van der Waals surface area (Å²) in [5, 5.41) is 11.8. The summed E-state index contributed by atoms with van der Waals surface area (Å²) in [7, 11) is 0. The number of ether oxygens (including phenoxy) is 1. The third kappa shape index (κ3) is 4.63. The summed E-state index contributed by atoms with van der Waals surface area (Å²) in [4.78, 5) is 36.9. The zero-order chi connectivity index (χ0) is 19.2. The van der Waals surface area contributed by atoms with Crippen molar-refractivity contribution in [1.29, 1.82) is 0 Å². The fourth-order valence-corrected chi connectivity index (χ4v) is 2.93. The maximum atomic E-state index is 12.1. The highest BCUT2D eigenvalue weighted by atomic mass is 16.5. The predicted molar refractivity (Wildman–Crippen MR) is 98.5 cm³/mol. The van der Waals surface area contributed by atoms with Crippen LogP contribution in [-0.2, 0) is 14.4 Å². The molecule has 0 spiro atoms. The Morgan fingerprint density at radius 3 is 2.41 bits per heavy atom. The Hall–Kier alpha value is -3.35. The maximum absolute atomic E-state index is 12.1. The molecule has 0 unspecified atom stereocenters. The molecule has 2 aromatic rings. The molecule has 1 aliphatic heterocycles. The molecule has 1 fully saturated rings. The number of carbonyl (C=O) groups is 3. The topological polar surface area (TPSA) is 95.9 Å². The number of carbonyl (C=O) groups excluding carboxylic acids is 2. The second-order valence-corrected chi connectivity index (χ2v) is 6.18. The Bertz CT molecular complexity index is 820. The first-order chi connectivity index (χ1) is 13.0. The van der Waals surface area contributed by atoms with Crippen molar-refractivity contribution in [2.45, 2.75) is 18.9 Å². The van der Waals surface area contributed by atoms with Crippen LogP contribution in [0.5, 0.6) is 5.75 Å². The van der Waals surface area contributed by atoms with Crippen LogP contribution < -0.4 is 15.0 Å². The average Bonchev–Trinajstić information content (AvgIpc) is 3.11. The van der Waals surface area contributed by atoms with Crippen LogP contribution in [0.1, 0.15) is 24.4 Å². The van der Waals surface area contributed by atoms with Crippen LogP contribution in [0.2, 0.25) is 0 Å². The van der Waals surface area contributed by atoms with Crippen LogP contribution in [0.3, 0.4) is 0 Å². The van der Waals surface area contributed by atoms with E-state index in [0.29, 0.717) is 24.3 Å². The zero-order valence-corrected chi connectivity index (χ0v) is 14.6. The van der Waals surface area contributed by atoms with E-state index >= 15 is 0 Å². The van der Waals surface area contributed by atoms with Crippen LogP contribution in [0.15, 0.2) is 54.6 Å². The van der Waals surface area contributed by atoms with Gasteiger partial charge in [-0.05, 0) is 36.2 Å². The highest BCUT2D eigenvalue weighted by Crippen LogP contribution is 2.23. The van der Waals surface area contributed by atoms with Gasteiger partial charge >= 0.3 is 5.97 Å². The highest BCUT2D eigenvalue weighted by Gasteiger charge is 2.23. The van der Waals surface area contributed by atoms with E-state index in [9.17, 15) is 19.5 Å². The van der Waals surface area contributed by atoms with Crippen molar-refractivity contribution in [1.82, 2.24) is 5.32 Å². The molecule has 7 heteroatoms. The minimum absolute atomic E-state index is 0.101. The average molecular weight is 368 g/mol. The molecule has 0 bridgehead atoms. The molecule has 3 rings (SSSR count). The number of carboxylic acid groups (broad SMARTS) is 1. The van der Waals surface area contributed by atoms with Gasteiger partial charge in [-0.25, -0.2) is 4.79 Å². The lowest BCUT2D eigenvalue weighted by molar-refractivity contribution is -0.142. The summed E-state index contributed by atoms with van der Waals surface area (Å²) >= 11 is 0. The van der Waals surface area contributed by atoms with Crippen LogP contribution in [0.4, 0.5) is 5.69 Å². The molecule has 0 radical (unpaired) electrons. The van der Waals surface area contributed by atoms with Crippen molar-refractivity contribution in [2.75, 3.05) is 18.1 Å². The summed E-state index contributed by atoms with van der Waals surface area (Å²) in [6.45, 7) is 0.399. The van der Waals surface area contributed by atoms with Crippen molar-refractivity contribution >= 4 is 23.5 Å². The van der Waals surface area contributed by atoms with Crippen LogP contribution >= 0.6 is 0 Å². The minimum atomic E-state index is -1.14. The monoisotopic (exact) mass is 368 g/mol. The number of hydrogen-bond donors (Lipinski definition) is 2. The second kappa shape index (κ2) is 8.35. The molecule has 2 amide bonds. The van der Waals surface area contributed by atoms with Gasteiger partial charge in [-0.1, -0.05) is 30.3 Å². The molecule has 2 N–H and O–H groups in total. The fourth-order valence-electron chi connectivity index (χ4n) is 2.93. The van der Waals surface area contributed by atoms with E-state index in [1.54, 1.807) is 59.5 Å². The molecule has 27 heavy (non-hydrogen) atoms. The van der Waals surface area contributed by atoms with Crippen LogP contribution in [-0.4, -0.2) is 36.0 Å². The van der Waals surface area contributed by atoms with E-state index in [1.807, 2.05) is 0 Å². The third-order valence-electron chi connectivity index (χ3n) is 4.28. The van der Waals surface area contributed by atoms with Gasteiger partial charge in [0.05, 0.1) is 0 Å². The second-order valence-electron chi connectivity index (χ2n) is 6.18. The number of hydrogen-bond acceptors (Lipinski definition) is 4. The van der Waals surface area contributed by atoms with Gasteiger partial charge in [0.25, 0.3) is 5.91 Å². The van der Waals surface area contributed by atoms with Gasteiger partial charge in [-0.2, -0.15) is 0 Å². The van der Waals surface area contributed by atoms with E-state index in [1.165, 1.54) is 0 Å². The number of aliphatic carboxylic acids is 1. The van der Waals surface area contributed by atoms with Gasteiger partial charge < -0.3 is 20.1 Å². The molecule has 1 atom stereocenters. The van der Waals surface area contributed by atoms with Crippen molar-refractivity contribution in [3.8, 4) is 5.75 Å². The molecular formula is C20H20N2O5. The van der Waals surface area contributed by atoms with E-state index in [-0.39, 0.29) is 12.5 Å². The predicted octanol–water partition coefficient (Wildman–Crippen LogP) is 2.13. The van der Waals surface area contributed by atoms with Gasteiger partial charge in [0.15, 0.2) is 12.6 Å². The van der Waals surface area contributed by atoms with Gasteiger partial charge in [0.1, 0.15) is 5.75 Å². The quantitative estimate of drug-likeness (QED) is 0.781. The Balaban J connectivity index is 1.55. The fraction of sp³-hybridized carbons (Fsp3) is 0.250. The smallest absolute Gasteiger partial charge is 0.330 e. The first kappa shape index (κ1) is 18.4. The highest BCUT2D eigenvalue weighted by molar-refractivity contribution is 5.95. The SMILES string of the molecule is O=C(COc1ccc(N2CCCC2=O)cc1)N[C@H](C(=O)O)c1ccccc1. The zero-order valence-electron chi connectivity index (χ0n) is 14.6. The lowest BCUT2D eigenvalue weighted by Gasteiger charge is -2.17. The van der Waals surface area contributed by atoms with Crippen LogP contribution in [0.25, 0.3) is 0 Å². The molecule has 0 aliphatic carbocycles. The van der Waals surface area contributed by atoms with E-state index < -0.39 is 17.9 Å². The normalized spacial score (nSPS) is 14.7. The number of amides is 2. The molecule has 1 aliphatic rings. The molecule has 0 aromatic heterocycles. The lowest BCUT2D eigenvalue weighted by atomic mass is 10.1. The number of nitrogens with one attached hydrogen (secondary N) is 1. The van der Waals surface area contributed by atoms with Gasteiger partial charge in [-0.15, -0.1) is 0 Å². The summed E-state index contributed by atoms with van der Waals surface area (Å²) in [6, 6.07) is 14.2. The molecule has 140 valence electrons. The number of rotatable bonds is 7. The van der Waals surface area contributed by atoms with Gasteiger partial charge in [0, 0.05) is 18.7 Å². The van der Waals surface area contributed by atoms with Crippen LogP contribution in [0, 0.1) is 0 Å². The summed E-state index contributed by atoms with van der Waals surface area (Å²) < 4.78 is 5.42. The number of benzene rings is 2. The summed E-state index contributed by atoms with van der Waals surface area (Å²) in [5.41, 5.74) is 1.28. The number of nitrogens with zero attached hydrogens (tertiary/aromatic N) is 1. The molecule has 7 nitrogen and oxygen atoms in total. The Labute approximate surface area is 156 Å². The summed E-state index contributed by atoms with van der Waals surface area (Å²) in [6.07, 6.45) is 1.41. The standard InChI is InChI=1S/C20H20N2O5/c23-17(21-19(20(25)26)14-5-2-1-3-6-14)13-27-16-10-8-15(9-11-16)22-12-4-7-18(22)24/h1-3,5-6,8-11,19H,4,7,12-13H2,(H,21,23)(H,25,26)/t19-/m0/s1. The van der Waals surface area contributed by atoms with Crippen molar-refractivity contribution in [3.05, 3.63) is 60.2 Å². The Kier molecular flexibility index (Phi) is 5.71. The Morgan fingerprint density at radius 2 is 1.81 bits per heavy atom. The van der Waals surface area contributed by atoms with E-state index in [2.05, 4.69) is 5.32 Å². The maximum Gasteiger partial charge on any atom is 0.330 e. The Morgan fingerprint density at radius 1 is 1.11 bits per heavy atom. The van der Waals surface area contributed by atoms with E-state index in [4.69, 9.17) is 4.74 Å². The summed E-state index contributed by atoms with van der Waals surface area (Å²) in [5.74, 6) is -1.12. The van der Waals surface area contributed by atoms with E-state index in [0.717, 1.165) is 12.1 Å². The molecule has 1 heterocycles. The molecular weight excluding hydrogens is 348 g/mol. The van der Waals surface area contributed by atoms with Crippen molar-refractivity contribution in [3.63, 3.8) is 0 Å². The third-order valence-corrected chi connectivity index (χ3v) is 4.28. The first-order valence-electron chi connectivity index (χ1n) is 8.65. The lowest BCUT2D eigenvalue weighted by Crippen LogP contribution is -2.36. The van der Waals surface area contributed by atoms with Crippen molar-refractivity contribution < 1.29 is 24.2 Å². The van der Waals surface area contributed by atoms with Gasteiger partial charge in [-0.3, -0.25) is 9.59 Å². The minimum Gasteiger partial charge on any atom is -0.484 e. The number of anilines is 1. The molecule has 1 saturated heterocycles. The van der Waals surface area contributed by atoms with Crippen molar-refractivity contribution in [2.24, 2.45) is 0 Å². The first-order valence-corrected chi connectivity index (χ1v) is 8.65. The largest absolute Gasteiger partial charge is 0.484 e. The molecule has 2 aromatic carbocycles. The van der Waals surface area contributed by atoms with Gasteiger partial charge in [0.2, 0.25) is 5.91 Å².